The van der Waals surface area contributed by atoms with Crippen LogP contribution < -0.4 is 20.5 Å². The van der Waals surface area contributed by atoms with Gasteiger partial charge in [-0.05, 0) is 42.6 Å². The normalized spacial score (nSPS) is 16.6. The van der Waals surface area contributed by atoms with Crippen LogP contribution in [-0.2, 0) is 22.7 Å². The lowest BCUT2D eigenvalue weighted by Crippen LogP contribution is -2.45. The summed E-state index contributed by atoms with van der Waals surface area (Å²) in [7, 11) is 1.60. The lowest BCUT2D eigenvalue weighted by atomic mass is 9.97. The van der Waals surface area contributed by atoms with Gasteiger partial charge in [0.15, 0.2) is 11.5 Å². The second-order valence-corrected chi connectivity index (χ2v) is 7.51. The first kappa shape index (κ1) is 21.6. The van der Waals surface area contributed by atoms with Crippen molar-refractivity contribution in [3.8, 4) is 11.5 Å². The maximum Gasteiger partial charge on any atom is 0.234 e. The van der Waals surface area contributed by atoms with Crippen molar-refractivity contribution in [2.45, 2.75) is 26.0 Å². The topological polar surface area (TPSA) is 93.9 Å². The Bertz CT molecular complexity index is 857. The first-order valence-corrected chi connectivity index (χ1v) is 10.2. The number of ether oxygens (including phenoxy) is 2. The summed E-state index contributed by atoms with van der Waals surface area (Å²) in [5.41, 5.74) is 7.39. The summed E-state index contributed by atoms with van der Waals surface area (Å²) in [6, 6.07) is 15.5. The zero-order valence-corrected chi connectivity index (χ0v) is 17.3. The van der Waals surface area contributed by atoms with E-state index in [4.69, 9.17) is 15.2 Å². The Morgan fingerprint density at radius 1 is 1.13 bits per heavy atom. The number of nitrogens with two attached hydrogens (primary N) is 1. The first-order valence-electron chi connectivity index (χ1n) is 10.2. The third-order valence-corrected chi connectivity index (χ3v) is 5.23. The van der Waals surface area contributed by atoms with E-state index >= 15 is 0 Å². The molecule has 1 heterocycles. The fourth-order valence-corrected chi connectivity index (χ4v) is 3.57. The van der Waals surface area contributed by atoms with Crippen LogP contribution in [0.15, 0.2) is 48.5 Å². The molecule has 1 atom stereocenters. The number of piperidine rings is 1. The molecule has 3 rings (SSSR count). The van der Waals surface area contributed by atoms with Crippen molar-refractivity contribution >= 4 is 11.8 Å². The Kier molecular flexibility index (Phi) is 7.68. The van der Waals surface area contributed by atoms with Crippen molar-refractivity contribution in [3.05, 3.63) is 59.7 Å². The van der Waals surface area contributed by atoms with Gasteiger partial charge in [0.2, 0.25) is 11.8 Å². The van der Waals surface area contributed by atoms with E-state index in [0.29, 0.717) is 31.2 Å². The van der Waals surface area contributed by atoms with Crippen LogP contribution in [-0.4, -0.2) is 43.5 Å². The summed E-state index contributed by atoms with van der Waals surface area (Å²) in [6.07, 6.45) is 1.68. The zero-order chi connectivity index (χ0) is 21.3. The molecule has 7 heteroatoms. The summed E-state index contributed by atoms with van der Waals surface area (Å²) >= 11 is 0. The number of carbonyl (C=O) groups is 2. The van der Waals surface area contributed by atoms with Gasteiger partial charge >= 0.3 is 0 Å². The minimum atomic E-state index is -0.290. The van der Waals surface area contributed by atoms with Crippen LogP contribution in [0.3, 0.4) is 0 Å². The summed E-state index contributed by atoms with van der Waals surface area (Å²) in [6.45, 7) is 2.46. The third kappa shape index (κ3) is 6.22. The van der Waals surface area contributed by atoms with Crippen LogP contribution in [0.2, 0.25) is 0 Å². The van der Waals surface area contributed by atoms with E-state index in [0.717, 1.165) is 30.5 Å². The molecule has 2 aromatic carbocycles. The minimum Gasteiger partial charge on any atom is -0.493 e. The smallest absolute Gasteiger partial charge is 0.234 e. The number of nitrogens with zero attached hydrogens (tertiary/aromatic N) is 1. The number of methoxy groups -OCH3 is 1. The Labute approximate surface area is 177 Å². The Balaban J connectivity index is 1.50. The number of amides is 2. The molecular weight excluding hydrogens is 382 g/mol. The van der Waals surface area contributed by atoms with E-state index < -0.39 is 0 Å². The van der Waals surface area contributed by atoms with Crippen molar-refractivity contribution in [1.29, 1.82) is 0 Å². The molecule has 7 nitrogen and oxygen atoms in total. The van der Waals surface area contributed by atoms with Crippen molar-refractivity contribution in [1.82, 2.24) is 10.2 Å². The number of hydrogen-bond donors (Lipinski definition) is 2. The fraction of sp³-hybridized carbons (Fsp3) is 0.391. The predicted octanol–water partition coefficient (Wildman–Crippen LogP) is 2.09. The molecule has 1 fully saturated rings. The van der Waals surface area contributed by atoms with E-state index in [-0.39, 0.29) is 24.3 Å². The number of benzene rings is 2. The maximum atomic E-state index is 12.3. The minimum absolute atomic E-state index is 0.0801. The standard InChI is InChI=1S/C23H29N3O4/c1-29-21-12-18(9-10-20(21)30-16-17-6-3-2-4-7-17)13-25-22(27)15-26-11-5-8-19(14-26)23(24)28/h2-4,6-7,9-10,12,19H,5,8,11,13-16H2,1H3,(H2,24,28)(H,25,27)/t19-/m0/s1. The summed E-state index contributed by atoms with van der Waals surface area (Å²) < 4.78 is 11.3. The lowest BCUT2D eigenvalue weighted by Gasteiger charge is -2.30. The zero-order valence-electron chi connectivity index (χ0n) is 17.3. The van der Waals surface area contributed by atoms with Crippen LogP contribution in [0.1, 0.15) is 24.0 Å². The van der Waals surface area contributed by atoms with Gasteiger partial charge in [-0.2, -0.15) is 0 Å². The van der Waals surface area contributed by atoms with Crippen LogP contribution in [0.5, 0.6) is 11.5 Å². The number of nitrogens with one attached hydrogen (secondary N) is 1. The molecule has 160 valence electrons. The molecule has 0 bridgehead atoms. The predicted molar refractivity (Wildman–Crippen MR) is 114 cm³/mol. The molecule has 1 saturated heterocycles. The van der Waals surface area contributed by atoms with Crippen molar-refractivity contribution in [3.63, 3.8) is 0 Å². The van der Waals surface area contributed by atoms with E-state index in [1.54, 1.807) is 7.11 Å². The number of likely N-dealkylation sites (tertiary alicyclic amines) is 1. The summed E-state index contributed by atoms with van der Waals surface area (Å²) in [4.78, 5) is 25.7. The van der Waals surface area contributed by atoms with Gasteiger partial charge < -0.3 is 20.5 Å². The van der Waals surface area contributed by atoms with Crippen molar-refractivity contribution < 1.29 is 19.1 Å². The quantitative estimate of drug-likeness (QED) is 0.659. The highest BCUT2D eigenvalue weighted by atomic mass is 16.5. The van der Waals surface area contributed by atoms with Crippen LogP contribution in [0.25, 0.3) is 0 Å². The Morgan fingerprint density at radius 3 is 2.67 bits per heavy atom. The maximum absolute atomic E-state index is 12.3. The molecule has 0 spiro atoms. The summed E-state index contributed by atoms with van der Waals surface area (Å²) in [5, 5.41) is 2.93. The molecule has 0 aromatic heterocycles. The van der Waals surface area contributed by atoms with Crippen LogP contribution >= 0.6 is 0 Å². The van der Waals surface area contributed by atoms with Gasteiger partial charge in [-0.15, -0.1) is 0 Å². The molecule has 30 heavy (non-hydrogen) atoms. The van der Waals surface area contributed by atoms with E-state index in [2.05, 4.69) is 5.32 Å². The Morgan fingerprint density at radius 2 is 1.93 bits per heavy atom. The SMILES string of the molecule is COc1cc(CNC(=O)CN2CCC[C@H](C(N)=O)C2)ccc1OCc1ccccc1. The van der Waals surface area contributed by atoms with Gasteiger partial charge in [-0.25, -0.2) is 0 Å². The van der Waals surface area contributed by atoms with Gasteiger partial charge in [0.25, 0.3) is 0 Å². The van der Waals surface area contributed by atoms with Gasteiger partial charge in [-0.1, -0.05) is 36.4 Å². The molecule has 0 radical (unpaired) electrons. The number of rotatable bonds is 9. The highest BCUT2D eigenvalue weighted by molar-refractivity contribution is 5.79. The molecule has 3 N–H and O–H groups in total. The summed E-state index contributed by atoms with van der Waals surface area (Å²) in [5.74, 6) is 0.741. The third-order valence-electron chi connectivity index (χ3n) is 5.23. The molecule has 2 amide bonds. The highest BCUT2D eigenvalue weighted by Crippen LogP contribution is 2.28. The second kappa shape index (κ2) is 10.6. The monoisotopic (exact) mass is 411 g/mol. The van der Waals surface area contributed by atoms with Crippen molar-refractivity contribution in [2.75, 3.05) is 26.7 Å². The van der Waals surface area contributed by atoms with E-state index in [1.807, 2.05) is 53.4 Å². The number of carbonyl (C=O) groups excluding carboxylic acids is 2. The molecule has 1 aliphatic heterocycles. The van der Waals surface area contributed by atoms with Gasteiger partial charge in [-0.3, -0.25) is 14.5 Å². The van der Waals surface area contributed by atoms with Gasteiger partial charge in [0.1, 0.15) is 6.61 Å². The lowest BCUT2D eigenvalue weighted by molar-refractivity contribution is -0.126. The van der Waals surface area contributed by atoms with Crippen LogP contribution in [0.4, 0.5) is 0 Å². The van der Waals surface area contributed by atoms with Crippen molar-refractivity contribution in [2.24, 2.45) is 11.7 Å². The molecule has 0 unspecified atom stereocenters. The van der Waals surface area contributed by atoms with E-state index in [1.165, 1.54) is 0 Å². The number of hydrogen-bond acceptors (Lipinski definition) is 5. The highest BCUT2D eigenvalue weighted by Gasteiger charge is 2.25. The molecule has 1 aliphatic rings. The molecule has 2 aromatic rings. The largest absolute Gasteiger partial charge is 0.493 e. The van der Waals surface area contributed by atoms with E-state index in [9.17, 15) is 9.59 Å². The molecule has 0 aliphatic carbocycles. The average molecular weight is 412 g/mol. The Hall–Kier alpha value is -3.06. The molecular formula is C23H29N3O4. The van der Waals surface area contributed by atoms with Gasteiger partial charge in [0, 0.05) is 13.1 Å². The average Bonchev–Trinajstić information content (AvgIpc) is 2.77. The number of primary amides is 1. The molecule has 0 saturated carbocycles. The van der Waals surface area contributed by atoms with Crippen LogP contribution in [0, 0.1) is 5.92 Å². The first-order chi connectivity index (χ1) is 14.5. The van der Waals surface area contributed by atoms with Gasteiger partial charge in [0.05, 0.1) is 19.6 Å². The fourth-order valence-electron chi connectivity index (χ4n) is 3.57. The second-order valence-electron chi connectivity index (χ2n) is 7.51.